The molecule has 0 radical (unpaired) electrons. The molecule has 1 amide bonds. The van der Waals surface area contributed by atoms with Crippen LogP contribution in [0.4, 0.5) is 10.1 Å². The SMILES string of the molecule is CC(C)OC(=O)[C@H](C)N[P@](=O)(Oc1ccccc1)Oc1ccc([N+](=O)[O-])cc1.C[C@@]1(F)[C@H](O)[C@@H](CO)O[C@H]1N1C=CC(=O)CC1=O. The number of benzene rings is 2. The van der Waals surface area contributed by atoms with E-state index in [1.54, 1.807) is 44.2 Å². The second-order valence-electron chi connectivity index (χ2n) is 10.6. The Bertz CT molecular complexity index is 1470. The van der Waals surface area contributed by atoms with Gasteiger partial charge in [0.1, 0.15) is 29.7 Å². The molecule has 0 unspecified atom stereocenters. The molecule has 4 rings (SSSR count). The predicted molar refractivity (Wildman–Crippen MR) is 159 cm³/mol. The number of nitro groups is 1. The molecule has 2 heterocycles. The number of rotatable bonds is 11. The third kappa shape index (κ3) is 9.40. The van der Waals surface area contributed by atoms with Crippen LogP contribution in [0.2, 0.25) is 0 Å². The Kier molecular flexibility index (Phi) is 12.1. The third-order valence-corrected chi connectivity index (χ3v) is 8.09. The zero-order valence-corrected chi connectivity index (χ0v) is 26.2. The molecule has 0 aliphatic carbocycles. The number of esters is 1. The highest BCUT2D eigenvalue weighted by Crippen LogP contribution is 2.45. The number of carbonyl (C=O) groups excluding carboxylic acids is 3. The molecule has 0 spiro atoms. The van der Waals surface area contributed by atoms with Crippen molar-refractivity contribution in [2.24, 2.45) is 0 Å². The van der Waals surface area contributed by atoms with E-state index in [0.717, 1.165) is 24.1 Å². The number of ketones is 1. The van der Waals surface area contributed by atoms with Gasteiger partial charge in [0.2, 0.25) is 5.91 Å². The van der Waals surface area contributed by atoms with Gasteiger partial charge in [-0.25, -0.2) is 8.96 Å². The topological polar surface area (TPSA) is 204 Å². The largest absolute Gasteiger partial charge is 0.513 e. The number of hydrogen-bond acceptors (Lipinski definition) is 12. The fourth-order valence-corrected chi connectivity index (χ4v) is 5.72. The fraction of sp³-hybridized carbons (Fsp3) is 0.414. The summed E-state index contributed by atoms with van der Waals surface area (Å²) in [6.07, 6.45) is -2.38. The first-order valence-electron chi connectivity index (χ1n) is 14.0. The number of nitro benzene ring substituents is 1. The first-order chi connectivity index (χ1) is 21.6. The Hall–Kier alpha value is -4.21. The minimum Gasteiger partial charge on any atom is -0.462 e. The van der Waals surface area contributed by atoms with E-state index in [1.165, 1.54) is 31.2 Å². The summed E-state index contributed by atoms with van der Waals surface area (Å²) in [4.78, 5) is 45.9. The van der Waals surface area contributed by atoms with Crippen molar-refractivity contribution in [2.45, 2.75) is 70.4 Å². The predicted octanol–water partition coefficient (Wildman–Crippen LogP) is 3.20. The van der Waals surface area contributed by atoms with Crippen molar-refractivity contribution in [1.29, 1.82) is 0 Å². The number of ether oxygens (including phenoxy) is 2. The molecule has 2 aromatic rings. The Balaban J connectivity index is 0.000000275. The number of para-hydroxylation sites is 1. The van der Waals surface area contributed by atoms with Crippen molar-refractivity contribution >= 4 is 31.1 Å². The molecule has 250 valence electrons. The van der Waals surface area contributed by atoms with Crippen LogP contribution in [0.3, 0.4) is 0 Å². The van der Waals surface area contributed by atoms with Crippen LogP contribution < -0.4 is 14.1 Å². The van der Waals surface area contributed by atoms with Gasteiger partial charge < -0.3 is 28.7 Å². The standard InChI is InChI=1S/C18H21N2O7P.C11H14FNO5/c1-13(2)25-18(21)14(3)19-28(24,26-16-7-5-4-6-8-16)27-17-11-9-15(10-12-17)20(22)23;1-11(12)9(17)7(5-14)18-10(11)13-3-2-6(15)4-8(13)16/h4-14H,1-3H3,(H,19,24);2-3,7,9-10,14,17H,4-5H2,1H3/t14-,28-;7-,9-,10-,11-/m01/s1. The number of hydrogen-bond donors (Lipinski definition) is 3. The summed E-state index contributed by atoms with van der Waals surface area (Å²) in [5.74, 6) is -1.26. The molecule has 0 aromatic heterocycles. The molecule has 0 bridgehead atoms. The number of alkyl halides is 1. The van der Waals surface area contributed by atoms with Gasteiger partial charge >= 0.3 is 13.7 Å². The van der Waals surface area contributed by atoms with Gasteiger partial charge in [-0.15, -0.1) is 0 Å². The number of non-ortho nitro benzene ring substituents is 1. The molecular weight excluding hydrogens is 632 g/mol. The van der Waals surface area contributed by atoms with Gasteiger partial charge in [-0.05, 0) is 58.0 Å². The van der Waals surface area contributed by atoms with E-state index in [9.17, 15) is 38.6 Å². The van der Waals surface area contributed by atoms with Crippen molar-refractivity contribution in [2.75, 3.05) is 6.61 Å². The summed E-state index contributed by atoms with van der Waals surface area (Å²) in [6, 6.07) is 12.3. The van der Waals surface area contributed by atoms with Crippen molar-refractivity contribution in [1.82, 2.24) is 9.99 Å². The number of carbonyl (C=O) groups is 3. The molecule has 15 nitrogen and oxygen atoms in total. The average Bonchev–Trinajstić information content (AvgIpc) is 3.21. The van der Waals surface area contributed by atoms with Crippen molar-refractivity contribution in [3.63, 3.8) is 0 Å². The Morgan fingerprint density at radius 1 is 1.15 bits per heavy atom. The van der Waals surface area contributed by atoms with Gasteiger partial charge in [0.05, 0.1) is 24.1 Å². The Morgan fingerprint density at radius 2 is 1.74 bits per heavy atom. The monoisotopic (exact) mass is 667 g/mol. The number of nitrogens with one attached hydrogen (secondary N) is 1. The second-order valence-corrected chi connectivity index (χ2v) is 12.3. The highest BCUT2D eigenvalue weighted by molar-refractivity contribution is 7.52. The molecular formula is C29H35FN3O12P. The summed E-state index contributed by atoms with van der Waals surface area (Å²) >= 11 is 0. The highest BCUT2D eigenvalue weighted by atomic mass is 31.2. The molecule has 2 aliphatic heterocycles. The van der Waals surface area contributed by atoms with Crippen molar-refractivity contribution in [3.05, 3.63) is 77.0 Å². The van der Waals surface area contributed by atoms with E-state index < -0.39 is 61.3 Å². The van der Waals surface area contributed by atoms with E-state index in [1.807, 2.05) is 0 Å². The molecule has 1 saturated heterocycles. The molecule has 0 saturated carbocycles. The van der Waals surface area contributed by atoms with Crippen LogP contribution in [0.15, 0.2) is 66.9 Å². The van der Waals surface area contributed by atoms with Crippen LogP contribution in [-0.2, 0) is 28.4 Å². The molecule has 46 heavy (non-hydrogen) atoms. The number of nitrogens with zero attached hydrogens (tertiary/aromatic N) is 2. The number of amides is 1. The maximum atomic E-state index is 14.4. The average molecular weight is 668 g/mol. The number of allylic oxidation sites excluding steroid dienone is 1. The van der Waals surface area contributed by atoms with E-state index in [2.05, 4.69) is 5.09 Å². The molecule has 2 aliphatic rings. The Labute approximate surface area is 263 Å². The van der Waals surface area contributed by atoms with Gasteiger partial charge in [-0.3, -0.25) is 29.4 Å². The lowest BCUT2D eigenvalue weighted by molar-refractivity contribution is -0.384. The molecule has 17 heteroatoms. The van der Waals surface area contributed by atoms with Crippen LogP contribution in [0.25, 0.3) is 0 Å². The van der Waals surface area contributed by atoms with Crippen LogP contribution >= 0.6 is 7.75 Å². The van der Waals surface area contributed by atoms with Crippen LogP contribution in [0, 0.1) is 10.1 Å². The number of aliphatic hydroxyl groups excluding tert-OH is 2. The summed E-state index contributed by atoms with van der Waals surface area (Å²) in [5, 5.41) is 31.9. The molecule has 2 aromatic carbocycles. The lowest BCUT2D eigenvalue weighted by atomic mass is 9.97. The summed E-state index contributed by atoms with van der Waals surface area (Å²) < 4.78 is 48.8. The quantitative estimate of drug-likeness (QED) is 0.104. The fourth-order valence-electron chi connectivity index (χ4n) is 4.20. The first-order valence-corrected chi connectivity index (χ1v) is 15.5. The van der Waals surface area contributed by atoms with E-state index in [-0.39, 0.29) is 35.5 Å². The Morgan fingerprint density at radius 3 is 2.24 bits per heavy atom. The van der Waals surface area contributed by atoms with Gasteiger partial charge in [0, 0.05) is 18.3 Å². The lowest BCUT2D eigenvalue weighted by Gasteiger charge is -2.32. The van der Waals surface area contributed by atoms with Gasteiger partial charge in [0.15, 0.2) is 17.7 Å². The van der Waals surface area contributed by atoms with Crippen LogP contribution in [-0.4, -0.2) is 80.6 Å². The smallest absolute Gasteiger partial charge is 0.462 e. The number of aliphatic hydroxyl groups is 2. The second kappa shape index (κ2) is 15.4. The van der Waals surface area contributed by atoms with E-state index in [4.69, 9.17) is 23.6 Å². The zero-order valence-electron chi connectivity index (χ0n) is 25.3. The van der Waals surface area contributed by atoms with Crippen molar-refractivity contribution in [3.8, 4) is 11.5 Å². The molecule has 6 atom stereocenters. The summed E-state index contributed by atoms with van der Waals surface area (Å²) in [5.41, 5.74) is -2.36. The third-order valence-electron chi connectivity index (χ3n) is 6.48. The minimum atomic E-state index is -4.08. The maximum absolute atomic E-state index is 14.4. The summed E-state index contributed by atoms with van der Waals surface area (Å²) in [6.45, 7) is 5.39. The maximum Gasteiger partial charge on any atom is 0.513 e. The van der Waals surface area contributed by atoms with E-state index >= 15 is 0 Å². The van der Waals surface area contributed by atoms with Gasteiger partial charge in [0.25, 0.3) is 5.69 Å². The molecule has 3 N–H and O–H groups in total. The molecule has 1 fully saturated rings. The number of halogens is 1. The first kappa shape index (κ1) is 36.3. The minimum absolute atomic E-state index is 0.0711. The summed E-state index contributed by atoms with van der Waals surface area (Å²) in [7, 11) is -4.08. The highest BCUT2D eigenvalue weighted by Gasteiger charge is 2.57. The van der Waals surface area contributed by atoms with Gasteiger partial charge in [-0.1, -0.05) is 18.2 Å². The normalized spacial score (nSPS) is 24.4. The van der Waals surface area contributed by atoms with Crippen molar-refractivity contribution < 1.29 is 57.0 Å². The zero-order chi connectivity index (χ0) is 34.2. The van der Waals surface area contributed by atoms with Gasteiger partial charge in [-0.2, -0.15) is 5.09 Å². The van der Waals surface area contributed by atoms with E-state index in [0.29, 0.717) is 0 Å². The van der Waals surface area contributed by atoms with Crippen LogP contribution in [0.1, 0.15) is 34.1 Å². The lowest BCUT2D eigenvalue weighted by Crippen LogP contribution is -2.51. The van der Waals surface area contributed by atoms with Crippen LogP contribution in [0.5, 0.6) is 11.5 Å².